The van der Waals surface area contributed by atoms with Gasteiger partial charge in [-0.25, -0.2) is 0 Å². The number of hydrogen-bond acceptors (Lipinski definition) is 2. The van der Waals surface area contributed by atoms with Crippen molar-refractivity contribution in [2.45, 2.75) is 52.4 Å². The van der Waals surface area contributed by atoms with Crippen LogP contribution in [0.15, 0.2) is 18.2 Å². The highest BCUT2D eigenvalue weighted by atomic mass is 16.2. The summed E-state index contributed by atoms with van der Waals surface area (Å²) < 4.78 is 0. The third-order valence-electron chi connectivity index (χ3n) is 3.55. The van der Waals surface area contributed by atoms with E-state index in [4.69, 9.17) is 5.11 Å². The first-order valence-electron chi connectivity index (χ1n) is 7.36. The van der Waals surface area contributed by atoms with Crippen molar-refractivity contribution in [1.29, 1.82) is 0 Å². The average Bonchev–Trinajstić information content (AvgIpc) is 2.34. The lowest BCUT2D eigenvalue weighted by atomic mass is 9.85. The highest BCUT2D eigenvalue weighted by Gasteiger charge is 2.14. The first-order valence-corrected chi connectivity index (χ1v) is 7.36. The molecule has 2 heteroatoms. The molecule has 0 heterocycles. The molecule has 108 valence electrons. The van der Waals surface area contributed by atoms with E-state index in [2.05, 4.69) is 51.2 Å². The van der Waals surface area contributed by atoms with Gasteiger partial charge in [-0.15, -0.1) is 0 Å². The molecule has 0 atom stereocenters. The number of unbranched alkanes of at least 4 members (excludes halogenated alkanes) is 1. The molecule has 0 aliphatic heterocycles. The third kappa shape index (κ3) is 5.75. The molecular formula is C17H29NO. The van der Waals surface area contributed by atoms with Crippen LogP contribution < -0.4 is 5.32 Å². The quantitative estimate of drug-likeness (QED) is 0.740. The van der Waals surface area contributed by atoms with Crippen molar-refractivity contribution in [3.63, 3.8) is 0 Å². The van der Waals surface area contributed by atoms with Crippen molar-refractivity contribution in [3.05, 3.63) is 34.9 Å². The van der Waals surface area contributed by atoms with Gasteiger partial charge in [0.2, 0.25) is 0 Å². The van der Waals surface area contributed by atoms with Gasteiger partial charge < -0.3 is 10.4 Å². The van der Waals surface area contributed by atoms with Gasteiger partial charge in [0.15, 0.2) is 0 Å². The Morgan fingerprint density at radius 3 is 2.47 bits per heavy atom. The number of nitrogens with one attached hydrogen (secondary N) is 1. The first kappa shape index (κ1) is 16.2. The molecule has 0 aromatic heterocycles. The number of aliphatic hydroxyl groups excluding tert-OH is 1. The van der Waals surface area contributed by atoms with E-state index >= 15 is 0 Å². The van der Waals surface area contributed by atoms with E-state index in [0.29, 0.717) is 6.61 Å². The molecule has 0 fully saturated rings. The van der Waals surface area contributed by atoms with Crippen LogP contribution in [0, 0.1) is 6.92 Å². The van der Waals surface area contributed by atoms with Gasteiger partial charge in [-0.3, -0.25) is 0 Å². The minimum Gasteiger partial charge on any atom is -0.396 e. The van der Waals surface area contributed by atoms with Crippen LogP contribution in [0.2, 0.25) is 0 Å². The zero-order valence-corrected chi connectivity index (χ0v) is 12.9. The van der Waals surface area contributed by atoms with E-state index in [9.17, 15) is 0 Å². The largest absolute Gasteiger partial charge is 0.396 e. The van der Waals surface area contributed by atoms with E-state index in [1.54, 1.807) is 0 Å². The Balaban J connectivity index is 2.49. The molecule has 0 saturated carbocycles. The third-order valence-corrected chi connectivity index (χ3v) is 3.55. The normalized spacial score (nSPS) is 11.8. The summed E-state index contributed by atoms with van der Waals surface area (Å²) >= 11 is 0. The van der Waals surface area contributed by atoms with Gasteiger partial charge in [-0.2, -0.15) is 0 Å². The zero-order valence-electron chi connectivity index (χ0n) is 12.9. The average molecular weight is 263 g/mol. The second-order valence-corrected chi connectivity index (χ2v) is 6.32. The van der Waals surface area contributed by atoms with E-state index in [1.807, 2.05) is 0 Å². The second-order valence-electron chi connectivity index (χ2n) is 6.32. The zero-order chi connectivity index (χ0) is 14.3. The Hall–Kier alpha value is -0.860. The summed E-state index contributed by atoms with van der Waals surface area (Å²) in [5.74, 6) is 0. The fourth-order valence-corrected chi connectivity index (χ4v) is 2.12. The summed E-state index contributed by atoms with van der Waals surface area (Å²) in [6.45, 7) is 11.3. The predicted molar refractivity (Wildman–Crippen MR) is 82.8 cm³/mol. The van der Waals surface area contributed by atoms with Crippen LogP contribution in [-0.2, 0) is 11.8 Å². The summed E-state index contributed by atoms with van der Waals surface area (Å²) in [6.07, 6.45) is 3.03. The van der Waals surface area contributed by atoms with E-state index < -0.39 is 0 Å². The minimum absolute atomic E-state index is 0.219. The van der Waals surface area contributed by atoms with Crippen LogP contribution in [0.25, 0.3) is 0 Å². The molecular weight excluding hydrogens is 234 g/mol. The van der Waals surface area contributed by atoms with Gasteiger partial charge in [0, 0.05) is 6.61 Å². The summed E-state index contributed by atoms with van der Waals surface area (Å²) in [6, 6.07) is 6.83. The molecule has 19 heavy (non-hydrogen) atoms. The topological polar surface area (TPSA) is 32.3 Å². The van der Waals surface area contributed by atoms with Gasteiger partial charge in [0.05, 0.1) is 0 Å². The number of aliphatic hydroxyl groups is 1. The number of rotatable bonds is 7. The second kappa shape index (κ2) is 7.66. The standard InChI is InChI=1S/C17H29NO/c1-14-7-8-16(17(2,3)4)13-15(14)9-11-18-10-5-6-12-19/h7-8,13,18-19H,5-6,9-12H2,1-4H3. The van der Waals surface area contributed by atoms with Crippen LogP contribution in [0.3, 0.4) is 0 Å². The Bertz CT molecular complexity index is 379. The molecule has 2 nitrogen and oxygen atoms in total. The van der Waals surface area contributed by atoms with Crippen LogP contribution in [0.5, 0.6) is 0 Å². The Kier molecular flexibility index (Phi) is 6.53. The number of hydrogen-bond donors (Lipinski definition) is 2. The molecule has 1 rings (SSSR count). The van der Waals surface area contributed by atoms with Crippen LogP contribution in [0.1, 0.15) is 50.3 Å². The lowest BCUT2D eigenvalue weighted by molar-refractivity contribution is 0.284. The van der Waals surface area contributed by atoms with E-state index in [0.717, 1.165) is 32.4 Å². The van der Waals surface area contributed by atoms with Gasteiger partial charge in [-0.1, -0.05) is 39.0 Å². The summed E-state index contributed by atoms with van der Waals surface area (Å²) in [7, 11) is 0. The Morgan fingerprint density at radius 1 is 1.11 bits per heavy atom. The van der Waals surface area contributed by atoms with Crippen molar-refractivity contribution >= 4 is 0 Å². The van der Waals surface area contributed by atoms with Crippen molar-refractivity contribution in [2.75, 3.05) is 19.7 Å². The molecule has 0 aliphatic rings. The molecule has 0 radical (unpaired) electrons. The highest BCUT2D eigenvalue weighted by molar-refractivity contribution is 5.34. The minimum atomic E-state index is 0.219. The SMILES string of the molecule is Cc1ccc(C(C)(C)C)cc1CCNCCCCO. The predicted octanol–water partition coefficient (Wildman–Crippen LogP) is 3.20. The number of benzene rings is 1. The van der Waals surface area contributed by atoms with Gasteiger partial charge >= 0.3 is 0 Å². The fourth-order valence-electron chi connectivity index (χ4n) is 2.12. The summed E-state index contributed by atoms with van der Waals surface area (Å²) in [5, 5.41) is 12.2. The van der Waals surface area contributed by atoms with Crippen molar-refractivity contribution in [1.82, 2.24) is 5.32 Å². The van der Waals surface area contributed by atoms with Crippen molar-refractivity contribution in [3.8, 4) is 0 Å². The van der Waals surface area contributed by atoms with Crippen molar-refractivity contribution < 1.29 is 5.11 Å². The maximum atomic E-state index is 8.72. The van der Waals surface area contributed by atoms with Gasteiger partial charge in [0.1, 0.15) is 0 Å². The molecule has 0 bridgehead atoms. The molecule has 1 aromatic carbocycles. The fraction of sp³-hybridized carbons (Fsp3) is 0.647. The smallest absolute Gasteiger partial charge is 0.0431 e. The van der Waals surface area contributed by atoms with Crippen LogP contribution in [0.4, 0.5) is 0 Å². The van der Waals surface area contributed by atoms with Gasteiger partial charge in [-0.05, 0) is 61.4 Å². The van der Waals surface area contributed by atoms with Crippen LogP contribution in [-0.4, -0.2) is 24.8 Å². The Labute approximate surface area is 118 Å². The van der Waals surface area contributed by atoms with E-state index in [1.165, 1.54) is 16.7 Å². The maximum absolute atomic E-state index is 8.72. The molecule has 0 unspecified atom stereocenters. The lowest BCUT2D eigenvalue weighted by Gasteiger charge is -2.21. The highest BCUT2D eigenvalue weighted by Crippen LogP contribution is 2.24. The molecule has 1 aromatic rings. The Morgan fingerprint density at radius 2 is 1.84 bits per heavy atom. The van der Waals surface area contributed by atoms with Crippen LogP contribution >= 0.6 is 0 Å². The maximum Gasteiger partial charge on any atom is 0.0431 e. The molecule has 2 N–H and O–H groups in total. The lowest BCUT2D eigenvalue weighted by Crippen LogP contribution is -2.19. The monoisotopic (exact) mass is 263 g/mol. The molecule has 0 spiro atoms. The molecule has 0 aliphatic carbocycles. The molecule has 0 saturated heterocycles. The van der Waals surface area contributed by atoms with Gasteiger partial charge in [0.25, 0.3) is 0 Å². The van der Waals surface area contributed by atoms with Crippen molar-refractivity contribution in [2.24, 2.45) is 0 Å². The first-order chi connectivity index (χ1) is 8.95. The van der Waals surface area contributed by atoms with E-state index in [-0.39, 0.29) is 5.41 Å². The molecule has 0 amide bonds. The summed E-state index contributed by atoms with van der Waals surface area (Å²) in [4.78, 5) is 0. The number of aryl methyl sites for hydroxylation is 1. The summed E-state index contributed by atoms with van der Waals surface area (Å²) in [5.41, 5.74) is 4.46.